The fraction of sp³-hybridized carbons (Fsp3) is 0.500. The van der Waals surface area contributed by atoms with Crippen LogP contribution in [0.15, 0.2) is 24.3 Å². The fourth-order valence-electron chi connectivity index (χ4n) is 2.36. The van der Waals surface area contributed by atoms with Crippen molar-refractivity contribution in [3.05, 3.63) is 34.9 Å². The summed E-state index contributed by atoms with van der Waals surface area (Å²) in [7, 11) is -2.95. The molecule has 6 nitrogen and oxygen atoms in total. The molecule has 1 N–H and O–H groups in total. The summed E-state index contributed by atoms with van der Waals surface area (Å²) >= 11 is 7.15. The summed E-state index contributed by atoms with van der Waals surface area (Å²) in [6.07, 6.45) is 1.19. The van der Waals surface area contributed by atoms with Crippen LogP contribution in [-0.4, -0.2) is 56.0 Å². The summed E-state index contributed by atoms with van der Waals surface area (Å²) in [6, 6.07) is 7.36. The Kier molecular flexibility index (Phi) is 7.58. The maximum Gasteiger partial charge on any atom is 0.316 e. The number of ether oxygens (including phenoxy) is 1. The minimum atomic E-state index is -2.95. The van der Waals surface area contributed by atoms with Crippen molar-refractivity contribution in [1.29, 1.82) is 0 Å². The standard InChI is InChI=1S/C16H20ClNO5S2/c17-13-3-1-2-12(8-13)4-6-18-15(19)9-23-16(20)10-24-14-5-7-25(21,22)11-14/h1-3,8,14H,4-7,9-11H2,(H,18,19)/t14-/m1/s1. The highest BCUT2D eigenvalue weighted by Crippen LogP contribution is 2.24. The van der Waals surface area contributed by atoms with Crippen molar-refractivity contribution >= 4 is 45.1 Å². The Bertz CT molecular complexity index is 723. The predicted octanol–water partition coefficient (Wildman–Crippen LogP) is 1.46. The van der Waals surface area contributed by atoms with Gasteiger partial charge in [0.25, 0.3) is 5.91 Å². The van der Waals surface area contributed by atoms with Crippen molar-refractivity contribution in [2.75, 3.05) is 30.4 Å². The molecule has 1 aromatic carbocycles. The number of nitrogens with one attached hydrogen (secondary N) is 1. The zero-order chi connectivity index (χ0) is 18.3. The maximum absolute atomic E-state index is 11.6. The lowest BCUT2D eigenvalue weighted by Crippen LogP contribution is -2.30. The van der Waals surface area contributed by atoms with E-state index in [0.29, 0.717) is 24.4 Å². The summed E-state index contributed by atoms with van der Waals surface area (Å²) in [6.45, 7) is 0.0866. The minimum absolute atomic E-state index is 0.0516. The van der Waals surface area contributed by atoms with Gasteiger partial charge in [-0.25, -0.2) is 8.42 Å². The van der Waals surface area contributed by atoms with E-state index in [-0.39, 0.29) is 35.0 Å². The predicted molar refractivity (Wildman–Crippen MR) is 98.6 cm³/mol. The number of sulfone groups is 1. The van der Waals surface area contributed by atoms with E-state index in [0.717, 1.165) is 5.56 Å². The van der Waals surface area contributed by atoms with E-state index >= 15 is 0 Å². The zero-order valence-corrected chi connectivity index (χ0v) is 16.0. The number of thioether (sulfide) groups is 1. The van der Waals surface area contributed by atoms with Crippen molar-refractivity contribution < 1.29 is 22.7 Å². The number of rotatable bonds is 8. The molecule has 1 saturated heterocycles. The number of esters is 1. The normalized spacial score (nSPS) is 18.7. The highest BCUT2D eigenvalue weighted by molar-refractivity contribution is 8.02. The van der Waals surface area contributed by atoms with E-state index in [1.165, 1.54) is 11.8 Å². The topological polar surface area (TPSA) is 89.5 Å². The Morgan fingerprint density at radius 3 is 2.84 bits per heavy atom. The molecule has 1 heterocycles. The van der Waals surface area contributed by atoms with Crippen LogP contribution in [0.5, 0.6) is 0 Å². The Labute approximate surface area is 156 Å². The van der Waals surface area contributed by atoms with Gasteiger partial charge < -0.3 is 10.1 Å². The monoisotopic (exact) mass is 405 g/mol. The lowest BCUT2D eigenvalue weighted by atomic mass is 10.1. The van der Waals surface area contributed by atoms with Crippen molar-refractivity contribution in [2.24, 2.45) is 0 Å². The van der Waals surface area contributed by atoms with Gasteiger partial charge in [-0.15, -0.1) is 11.8 Å². The van der Waals surface area contributed by atoms with Crippen LogP contribution in [0.2, 0.25) is 5.02 Å². The van der Waals surface area contributed by atoms with Gasteiger partial charge in [0.15, 0.2) is 16.4 Å². The molecule has 138 valence electrons. The molecule has 1 atom stereocenters. The first-order valence-electron chi connectivity index (χ1n) is 7.83. The minimum Gasteiger partial charge on any atom is -0.455 e. The van der Waals surface area contributed by atoms with Gasteiger partial charge in [-0.3, -0.25) is 9.59 Å². The van der Waals surface area contributed by atoms with Gasteiger partial charge in [-0.05, 0) is 30.5 Å². The molecule has 0 aromatic heterocycles. The Balaban J connectivity index is 1.57. The van der Waals surface area contributed by atoms with Crippen LogP contribution in [-0.2, 0) is 30.6 Å². The average molecular weight is 406 g/mol. The number of carbonyl (C=O) groups is 2. The molecule has 2 rings (SSSR count). The summed E-state index contributed by atoms with van der Waals surface area (Å²) in [5.41, 5.74) is 1.01. The molecule has 0 unspecified atom stereocenters. The van der Waals surface area contributed by atoms with Gasteiger partial charge in [0.05, 0.1) is 17.3 Å². The molecule has 0 bridgehead atoms. The first-order valence-corrected chi connectivity index (χ1v) is 11.1. The Hall–Kier alpha value is -1.25. The number of hydrogen-bond acceptors (Lipinski definition) is 6. The van der Waals surface area contributed by atoms with Gasteiger partial charge in [-0.1, -0.05) is 23.7 Å². The fourth-order valence-corrected chi connectivity index (χ4v) is 6.01. The molecule has 1 aromatic rings. The molecule has 0 radical (unpaired) electrons. The second kappa shape index (κ2) is 9.45. The van der Waals surface area contributed by atoms with Crippen LogP contribution in [0.3, 0.4) is 0 Å². The SMILES string of the molecule is O=C(COC(=O)CS[C@@H]1CCS(=O)(=O)C1)NCCc1cccc(Cl)c1. The summed E-state index contributed by atoms with van der Waals surface area (Å²) in [4.78, 5) is 23.3. The molecule has 0 spiro atoms. The van der Waals surface area contributed by atoms with Gasteiger partial charge in [0.2, 0.25) is 0 Å². The molecule has 1 aliphatic rings. The maximum atomic E-state index is 11.6. The van der Waals surface area contributed by atoms with Crippen molar-refractivity contribution in [3.8, 4) is 0 Å². The average Bonchev–Trinajstić information content (AvgIpc) is 2.90. The highest BCUT2D eigenvalue weighted by atomic mass is 35.5. The van der Waals surface area contributed by atoms with E-state index in [9.17, 15) is 18.0 Å². The molecular weight excluding hydrogens is 386 g/mol. The zero-order valence-electron chi connectivity index (χ0n) is 13.6. The summed E-state index contributed by atoms with van der Waals surface area (Å²) < 4.78 is 27.6. The molecule has 0 aliphatic carbocycles. The molecule has 25 heavy (non-hydrogen) atoms. The number of amides is 1. The van der Waals surface area contributed by atoms with E-state index in [4.69, 9.17) is 16.3 Å². The number of carbonyl (C=O) groups excluding carboxylic acids is 2. The van der Waals surface area contributed by atoms with Gasteiger partial charge in [-0.2, -0.15) is 0 Å². The van der Waals surface area contributed by atoms with Crippen molar-refractivity contribution in [3.63, 3.8) is 0 Å². The van der Waals surface area contributed by atoms with Gasteiger partial charge in [0.1, 0.15) is 0 Å². The number of hydrogen-bond donors (Lipinski definition) is 1. The molecule has 1 amide bonds. The van der Waals surface area contributed by atoms with Crippen molar-refractivity contribution in [2.45, 2.75) is 18.1 Å². The van der Waals surface area contributed by atoms with Crippen LogP contribution >= 0.6 is 23.4 Å². The van der Waals surface area contributed by atoms with Crippen LogP contribution in [0.25, 0.3) is 0 Å². The van der Waals surface area contributed by atoms with E-state index < -0.39 is 15.8 Å². The number of halogens is 1. The lowest BCUT2D eigenvalue weighted by molar-refractivity contribution is -0.145. The first-order chi connectivity index (χ1) is 11.8. The second-order valence-electron chi connectivity index (χ2n) is 5.73. The Morgan fingerprint density at radius 2 is 2.16 bits per heavy atom. The van der Waals surface area contributed by atoms with Crippen LogP contribution in [0.1, 0.15) is 12.0 Å². The van der Waals surface area contributed by atoms with E-state index in [1.807, 2.05) is 18.2 Å². The number of benzene rings is 1. The molecular formula is C16H20ClNO5S2. The van der Waals surface area contributed by atoms with E-state index in [2.05, 4.69) is 5.32 Å². The Morgan fingerprint density at radius 1 is 1.36 bits per heavy atom. The summed E-state index contributed by atoms with van der Waals surface area (Å²) in [5.74, 6) is -0.553. The van der Waals surface area contributed by atoms with Crippen LogP contribution < -0.4 is 5.32 Å². The van der Waals surface area contributed by atoms with Gasteiger partial charge in [0, 0.05) is 16.8 Å². The highest BCUT2D eigenvalue weighted by Gasteiger charge is 2.28. The first kappa shape index (κ1) is 20.1. The third-order valence-electron chi connectivity index (χ3n) is 3.62. The third-order valence-corrected chi connectivity index (χ3v) is 7.11. The van der Waals surface area contributed by atoms with E-state index in [1.54, 1.807) is 6.07 Å². The molecule has 1 fully saturated rings. The molecule has 0 saturated carbocycles. The van der Waals surface area contributed by atoms with Crippen LogP contribution in [0, 0.1) is 0 Å². The lowest BCUT2D eigenvalue weighted by Gasteiger charge is -2.08. The smallest absolute Gasteiger partial charge is 0.316 e. The molecule has 1 aliphatic heterocycles. The van der Waals surface area contributed by atoms with Crippen LogP contribution in [0.4, 0.5) is 0 Å². The molecule has 9 heteroatoms. The largest absolute Gasteiger partial charge is 0.455 e. The second-order valence-corrected chi connectivity index (χ2v) is 9.68. The quantitative estimate of drug-likeness (QED) is 0.658. The van der Waals surface area contributed by atoms with Crippen molar-refractivity contribution in [1.82, 2.24) is 5.32 Å². The van der Waals surface area contributed by atoms with Gasteiger partial charge >= 0.3 is 5.97 Å². The summed E-state index contributed by atoms with van der Waals surface area (Å²) in [5, 5.41) is 3.25. The third kappa shape index (κ3) is 7.66.